The largest absolute Gasteiger partial charge is 3.00 e. The van der Waals surface area contributed by atoms with Crippen molar-refractivity contribution in [1.82, 2.24) is 0 Å². The van der Waals surface area contributed by atoms with Crippen LogP contribution in [0.25, 0.3) is 0 Å². The van der Waals surface area contributed by atoms with Crippen LogP contribution in [0.1, 0.15) is 19.8 Å². The number of unbranched alkanes of at least 4 members (excludes halogenated alkanes) is 1. The van der Waals surface area contributed by atoms with Crippen LogP contribution in [0.5, 0.6) is 0 Å². The smallest absolute Gasteiger partial charge is 0.358 e. The van der Waals surface area contributed by atoms with E-state index >= 15 is 0 Å². The third-order valence-corrected chi connectivity index (χ3v) is 0.556. The summed E-state index contributed by atoms with van der Waals surface area (Å²) in [5.74, 6) is 5.77. The minimum absolute atomic E-state index is 0. The molecule has 0 heterocycles. The van der Waals surface area contributed by atoms with Gasteiger partial charge in [-0.15, -0.1) is 24.7 Å². The molecule has 0 fully saturated rings. The van der Waals surface area contributed by atoms with Crippen LogP contribution in [-0.4, -0.2) is 0 Å². The van der Waals surface area contributed by atoms with Crippen LogP contribution in [0, 0.1) is 32.6 Å². The molecule has 9 heavy (non-hydrogen) atoms. The average molecular weight is 164 g/mol. The van der Waals surface area contributed by atoms with Gasteiger partial charge in [0.1, 0.15) is 0 Å². The van der Waals surface area contributed by atoms with E-state index in [2.05, 4.69) is 18.8 Å². The maximum atomic E-state index is 3.57. The molecule has 0 aliphatic carbocycles. The molecule has 0 saturated heterocycles. The second kappa shape index (κ2) is 15.7. The zero-order valence-corrected chi connectivity index (χ0v) is 7.26. The molecule has 0 nitrogen and oxygen atoms in total. The summed E-state index contributed by atoms with van der Waals surface area (Å²) in [4.78, 5) is 0. The van der Waals surface area contributed by atoms with E-state index in [0.717, 1.165) is 12.8 Å². The van der Waals surface area contributed by atoms with Gasteiger partial charge >= 0.3 is 17.1 Å². The van der Waals surface area contributed by atoms with Gasteiger partial charge in [-0.2, -0.15) is 6.92 Å². The average Bonchev–Trinajstić information content (AvgIpc) is 1.69. The van der Waals surface area contributed by atoms with Crippen molar-refractivity contribution in [3.63, 3.8) is 0 Å². The molecule has 0 bridgehead atoms. The summed E-state index contributed by atoms with van der Waals surface area (Å²) >= 11 is 0. The van der Waals surface area contributed by atoms with Crippen molar-refractivity contribution < 1.29 is 17.1 Å². The predicted molar refractivity (Wildman–Crippen MR) is 38.8 cm³/mol. The van der Waals surface area contributed by atoms with Crippen molar-refractivity contribution >= 4 is 0 Å². The summed E-state index contributed by atoms with van der Waals surface area (Å²) in [6, 6.07) is 0. The Balaban J connectivity index is -0.000000180. The summed E-state index contributed by atoms with van der Waals surface area (Å²) in [5.41, 5.74) is 0. The topological polar surface area (TPSA) is 0 Å². The molecule has 0 radical (unpaired) electrons. The van der Waals surface area contributed by atoms with Gasteiger partial charge in [0.25, 0.3) is 0 Å². The summed E-state index contributed by atoms with van der Waals surface area (Å²) < 4.78 is 0. The van der Waals surface area contributed by atoms with Crippen molar-refractivity contribution in [2.75, 3.05) is 0 Å². The van der Waals surface area contributed by atoms with E-state index in [1.54, 1.807) is 0 Å². The minimum atomic E-state index is 0. The van der Waals surface area contributed by atoms with Crippen LogP contribution in [0.2, 0.25) is 0 Å². The molecule has 0 aliphatic rings. The molecule has 0 amide bonds. The molecule has 0 aromatic heterocycles. The minimum Gasteiger partial charge on any atom is -0.358 e. The Labute approximate surface area is 69.9 Å². The fraction of sp³-hybridized carbons (Fsp3) is 0.375. The van der Waals surface area contributed by atoms with Gasteiger partial charge in [0.15, 0.2) is 0 Å². The van der Waals surface area contributed by atoms with Gasteiger partial charge in [0.2, 0.25) is 0 Å². The standard InChI is InChI=1S/C7H10.CH3.Mn/c1-3-5-7-6-4-2;;/h4H,1,3,6H2,2H3;1H3;/q-2;-1;+3. The molecule has 0 rings (SSSR count). The van der Waals surface area contributed by atoms with Crippen LogP contribution in [0.3, 0.4) is 0 Å². The van der Waals surface area contributed by atoms with Gasteiger partial charge < -0.3 is 20.8 Å². The summed E-state index contributed by atoms with van der Waals surface area (Å²) in [5, 5.41) is 0. The van der Waals surface area contributed by atoms with Crippen molar-refractivity contribution in [3.8, 4) is 11.8 Å². The molecular weight excluding hydrogens is 151 g/mol. The normalized spacial score (nSPS) is 5.56. The van der Waals surface area contributed by atoms with E-state index in [-0.39, 0.29) is 24.5 Å². The Hall–Kier alpha value is 0.0795. The maximum Gasteiger partial charge on any atom is 3.00 e. The van der Waals surface area contributed by atoms with Gasteiger partial charge in [-0.25, -0.2) is 0 Å². The Morgan fingerprint density at radius 1 is 1.44 bits per heavy atom. The molecule has 0 aromatic carbocycles. The zero-order chi connectivity index (χ0) is 5.54. The van der Waals surface area contributed by atoms with Gasteiger partial charge in [-0.1, -0.05) is 0 Å². The molecular formula is C8H13Mn. The van der Waals surface area contributed by atoms with Gasteiger partial charge in [0, 0.05) is 0 Å². The summed E-state index contributed by atoms with van der Waals surface area (Å²) in [6.07, 6.45) is 3.66. The monoisotopic (exact) mass is 164 g/mol. The van der Waals surface area contributed by atoms with Crippen molar-refractivity contribution in [2.45, 2.75) is 19.8 Å². The Morgan fingerprint density at radius 3 is 2.33 bits per heavy atom. The van der Waals surface area contributed by atoms with Crippen LogP contribution in [0.4, 0.5) is 0 Å². The quantitative estimate of drug-likeness (QED) is 0.317. The first-order valence-corrected chi connectivity index (χ1v) is 2.44. The van der Waals surface area contributed by atoms with E-state index in [1.807, 2.05) is 13.3 Å². The first-order chi connectivity index (χ1) is 3.41. The third-order valence-electron chi connectivity index (χ3n) is 0.556. The maximum absolute atomic E-state index is 3.57. The summed E-state index contributed by atoms with van der Waals surface area (Å²) in [6.45, 7) is 5.57. The molecule has 1 heteroatoms. The first-order valence-electron chi connectivity index (χ1n) is 2.44. The van der Waals surface area contributed by atoms with Crippen molar-refractivity contribution in [1.29, 1.82) is 0 Å². The van der Waals surface area contributed by atoms with E-state index in [1.165, 1.54) is 0 Å². The van der Waals surface area contributed by atoms with E-state index in [9.17, 15) is 0 Å². The third kappa shape index (κ3) is 17.9. The number of rotatable bonds is 1. The molecule has 0 aliphatic heterocycles. The Bertz CT molecular complexity index is 76.3. The van der Waals surface area contributed by atoms with Crippen LogP contribution in [-0.2, 0) is 17.1 Å². The van der Waals surface area contributed by atoms with Crippen LogP contribution >= 0.6 is 0 Å². The van der Waals surface area contributed by atoms with E-state index < -0.39 is 0 Å². The second-order valence-corrected chi connectivity index (χ2v) is 1.22. The zero-order valence-electron chi connectivity index (χ0n) is 6.08. The van der Waals surface area contributed by atoms with E-state index in [0.29, 0.717) is 0 Å². The molecule has 0 atom stereocenters. The second-order valence-electron chi connectivity index (χ2n) is 1.22. The Morgan fingerprint density at radius 2 is 2.00 bits per heavy atom. The van der Waals surface area contributed by atoms with E-state index in [4.69, 9.17) is 0 Å². The molecule has 0 spiro atoms. The first kappa shape index (κ1) is 16.0. The number of hydrogen-bond donors (Lipinski definition) is 0. The van der Waals surface area contributed by atoms with Gasteiger partial charge in [-0.3, -0.25) is 0 Å². The van der Waals surface area contributed by atoms with Crippen LogP contribution < -0.4 is 0 Å². The number of hydrogen-bond acceptors (Lipinski definition) is 0. The molecule has 0 unspecified atom stereocenters. The molecule has 0 aromatic rings. The molecule has 0 saturated carbocycles. The molecule has 0 N–H and O–H groups in total. The van der Waals surface area contributed by atoms with Gasteiger partial charge in [0.05, 0.1) is 0 Å². The van der Waals surface area contributed by atoms with Crippen LogP contribution in [0.15, 0.2) is 0 Å². The Kier molecular flexibility index (Phi) is 28.0. The fourth-order valence-electron chi connectivity index (χ4n) is 0.263. The SMILES string of the molecule is [CH2-]CC#CC[CH-]C.[CH3-].[Mn+3]. The van der Waals surface area contributed by atoms with Crippen molar-refractivity contribution in [3.05, 3.63) is 20.8 Å². The predicted octanol–water partition coefficient (Wildman–Crippen LogP) is 2.28. The van der Waals surface area contributed by atoms with Gasteiger partial charge in [-0.05, 0) is 0 Å². The molecule has 52 valence electrons. The fourth-order valence-corrected chi connectivity index (χ4v) is 0.263. The summed E-state index contributed by atoms with van der Waals surface area (Å²) in [7, 11) is 0. The van der Waals surface area contributed by atoms with Crippen molar-refractivity contribution in [2.24, 2.45) is 0 Å².